The summed E-state index contributed by atoms with van der Waals surface area (Å²) in [5.41, 5.74) is 0.684. The van der Waals surface area contributed by atoms with Gasteiger partial charge in [-0.2, -0.15) is 0 Å². The molecule has 6 heteroatoms. The smallest absolute Gasteiger partial charge is 0.324 e. The van der Waals surface area contributed by atoms with E-state index < -0.39 is 0 Å². The van der Waals surface area contributed by atoms with Crippen LogP contribution in [0.25, 0.3) is 0 Å². The van der Waals surface area contributed by atoms with Crippen LogP contribution in [-0.2, 0) is 0 Å². The number of nitrogens with zero attached hydrogens (tertiary/aromatic N) is 1. The minimum Gasteiger partial charge on any atom is -0.363 e. The van der Waals surface area contributed by atoms with E-state index in [9.17, 15) is 4.79 Å². The van der Waals surface area contributed by atoms with Gasteiger partial charge in [-0.15, -0.1) is 0 Å². The Bertz CT molecular complexity index is 485. The molecule has 0 unspecified atom stereocenters. The lowest BCUT2D eigenvalue weighted by molar-refractivity contribution is 0.262. The van der Waals surface area contributed by atoms with Crippen molar-refractivity contribution in [3.8, 4) is 0 Å². The molecule has 2 rings (SSSR count). The number of amides is 2. The second-order valence-corrected chi connectivity index (χ2v) is 3.80. The standard InChI is InChI=1S/C10H8BrN3O2/c11-7-3-1-2-4-8(7)12-10(15)13-9-5-6-16-14-9/h1-6H,(H2,12,13,14,15). The van der Waals surface area contributed by atoms with Crippen LogP contribution < -0.4 is 10.6 Å². The fraction of sp³-hybridized carbons (Fsp3) is 0. The maximum absolute atomic E-state index is 11.5. The van der Waals surface area contributed by atoms with Crippen molar-refractivity contribution in [2.75, 3.05) is 10.6 Å². The maximum atomic E-state index is 11.5. The minimum atomic E-state index is -0.374. The van der Waals surface area contributed by atoms with Crippen LogP contribution in [0.2, 0.25) is 0 Å². The Hall–Kier alpha value is -1.82. The summed E-state index contributed by atoms with van der Waals surface area (Å²) < 4.78 is 5.40. The highest BCUT2D eigenvalue weighted by molar-refractivity contribution is 9.10. The van der Waals surface area contributed by atoms with Gasteiger partial charge >= 0.3 is 6.03 Å². The van der Waals surface area contributed by atoms with Crippen LogP contribution in [0.4, 0.5) is 16.3 Å². The van der Waals surface area contributed by atoms with Crippen LogP contribution in [-0.4, -0.2) is 11.2 Å². The Balaban J connectivity index is 2.00. The number of halogens is 1. The minimum absolute atomic E-state index is 0.365. The molecule has 1 aromatic heterocycles. The fourth-order valence-corrected chi connectivity index (χ4v) is 1.49. The first-order valence-electron chi connectivity index (χ1n) is 4.48. The van der Waals surface area contributed by atoms with E-state index in [-0.39, 0.29) is 6.03 Å². The van der Waals surface area contributed by atoms with E-state index in [0.717, 1.165) is 4.47 Å². The molecule has 2 N–H and O–H groups in total. The van der Waals surface area contributed by atoms with Gasteiger partial charge in [-0.25, -0.2) is 4.79 Å². The van der Waals surface area contributed by atoms with Crippen molar-refractivity contribution >= 4 is 33.5 Å². The molecular weight excluding hydrogens is 274 g/mol. The Morgan fingerprint density at radius 1 is 1.25 bits per heavy atom. The van der Waals surface area contributed by atoms with Crippen molar-refractivity contribution in [3.05, 3.63) is 41.1 Å². The average Bonchev–Trinajstić information content (AvgIpc) is 2.74. The summed E-state index contributed by atoms with van der Waals surface area (Å²) in [4.78, 5) is 11.5. The Kier molecular flexibility index (Phi) is 3.21. The zero-order chi connectivity index (χ0) is 11.4. The normalized spacial score (nSPS) is 9.81. The molecule has 5 nitrogen and oxygen atoms in total. The molecular formula is C10H8BrN3O2. The van der Waals surface area contributed by atoms with Gasteiger partial charge in [0.2, 0.25) is 0 Å². The summed E-state index contributed by atoms with van der Waals surface area (Å²) in [5.74, 6) is 0.365. The Morgan fingerprint density at radius 3 is 2.75 bits per heavy atom. The van der Waals surface area contributed by atoms with Gasteiger partial charge in [0.05, 0.1) is 5.69 Å². The molecule has 0 saturated carbocycles. The lowest BCUT2D eigenvalue weighted by Gasteiger charge is -2.06. The van der Waals surface area contributed by atoms with Crippen LogP contribution >= 0.6 is 15.9 Å². The third-order valence-electron chi connectivity index (χ3n) is 1.80. The van der Waals surface area contributed by atoms with Crippen LogP contribution in [0.5, 0.6) is 0 Å². The first-order chi connectivity index (χ1) is 7.75. The van der Waals surface area contributed by atoms with Crippen molar-refractivity contribution in [2.45, 2.75) is 0 Å². The fourth-order valence-electron chi connectivity index (χ4n) is 1.11. The third-order valence-corrected chi connectivity index (χ3v) is 2.49. The summed E-state index contributed by atoms with van der Waals surface area (Å²) in [6, 6.07) is 8.50. The summed E-state index contributed by atoms with van der Waals surface area (Å²) >= 11 is 3.33. The van der Waals surface area contributed by atoms with Crippen LogP contribution in [0.3, 0.4) is 0 Å². The molecule has 0 fully saturated rings. The number of carbonyl (C=O) groups is 1. The second kappa shape index (κ2) is 4.80. The Labute approximate surface area is 99.9 Å². The van der Waals surface area contributed by atoms with Crippen molar-refractivity contribution in [3.63, 3.8) is 0 Å². The highest BCUT2D eigenvalue weighted by Gasteiger charge is 2.06. The largest absolute Gasteiger partial charge is 0.363 e. The third kappa shape index (κ3) is 2.60. The quantitative estimate of drug-likeness (QED) is 0.889. The number of nitrogens with one attached hydrogen (secondary N) is 2. The van der Waals surface area contributed by atoms with E-state index >= 15 is 0 Å². The zero-order valence-electron chi connectivity index (χ0n) is 8.11. The number of anilines is 2. The van der Waals surface area contributed by atoms with E-state index in [1.165, 1.54) is 6.26 Å². The molecule has 1 heterocycles. The number of para-hydroxylation sites is 1. The van der Waals surface area contributed by atoms with Gasteiger partial charge in [-0.1, -0.05) is 17.3 Å². The van der Waals surface area contributed by atoms with E-state index in [4.69, 9.17) is 0 Å². The SMILES string of the molecule is O=C(Nc1ccon1)Nc1ccccc1Br. The number of aromatic nitrogens is 1. The van der Waals surface area contributed by atoms with E-state index in [1.807, 2.05) is 18.2 Å². The number of hydrogen-bond donors (Lipinski definition) is 2. The van der Waals surface area contributed by atoms with Crippen molar-refractivity contribution in [1.82, 2.24) is 5.16 Å². The predicted molar refractivity (Wildman–Crippen MR) is 63.3 cm³/mol. The summed E-state index contributed by atoms with van der Waals surface area (Å²) in [6.45, 7) is 0. The highest BCUT2D eigenvalue weighted by atomic mass is 79.9. The zero-order valence-corrected chi connectivity index (χ0v) is 9.69. The topological polar surface area (TPSA) is 67.2 Å². The van der Waals surface area contributed by atoms with Gasteiger partial charge in [0.15, 0.2) is 5.82 Å². The second-order valence-electron chi connectivity index (χ2n) is 2.94. The molecule has 0 saturated heterocycles. The highest BCUT2D eigenvalue weighted by Crippen LogP contribution is 2.21. The summed E-state index contributed by atoms with van der Waals surface area (Å²) in [6.07, 6.45) is 1.38. The van der Waals surface area contributed by atoms with Crippen LogP contribution in [0.15, 0.2) is 45.6 Å². The number of carbonyl (C=O) groups excluding carboxylic acids is 1. The van der Waals surface area contributed by atoms with Gasteiger partial charge in [-0.05, 0) is 28.1 Å². The number of hydrogen-bond acceptors (Lipinski definition) is 3. The summed E-state index contributed by atoms with van der Waals surface area (Å²) in [5, 5.41) is 8.75. The first kappa shape index (κ1) is 10.7. The van der Waals surface area contributed by atoms with Crippen LogP contribution in [0.1, 0.15) is 0 Å². The molecule has 82 valence electrons. The molecule has 0 atom stereocenters. The molecule has 16 heavy (non-hydrogen) atoms. The Morgan fingerprint density at radius 2 is 2.06 bits per heavy atom. The number of benzene rings is 1. The first-order valence-corrected chi connectivity index (χ1v) is 5.28. The molecule has 2 amide bonds. The molecule has 2 aromatic rings. The molecule has 0 radical (unpaired) electrons. The van der Waals surface area contributed by atoms with Crippen molar-refractivity contribution in [1.29, 1.82) is 0 Å². The van der Waals surface area contributed by atoms with Gasteiger partial charge in [0.1, 0.15) is 6.26 Å². The average molecular weight is 282 g/mol. The van der Waals surface area contributed by atoms with Gasteiger partial charge < -0.3 is 9.84 Å². The molecule has 0 spiro atoms. The molecule has 0 bridgehead atoms. The molecule has 0 aliphatic rings. The summed E-state index contributed by atoms with van der Waals surface area (Å²) in [7, 11) is 0. The van der Waals surface area contributed by atoms with Gasteiger partial charge in [0, 0.05) is 10.5 Å². The van der Waals surface area contributed by atoms with E-state index in [1.54, 1.807) is 12.1 Å². The number of urea groups is 1. The predicted octanol–water partition coefficient (Wildman–Crippen LogP) is 3.08. The lowest BCUT2D eigenvalue weighted by Crippen LogP contribution is -2.19. The van der Waals surface area contributed by atoms with Gasteiger partial charge in [0.25, 0.3) is 0 Å². The van der Waals surface area contributed by atoms with Gasteiger partial charge in [-0.3, -0.25) is 5.32 Å². The molecule has 1 aromatic carbocycles. The van der Waals surface area contributed by atoms with Crippen LogP contribution in [0, 0.1) is 0 Å². The van der Waals surface area contributed by atoms with E-state index in [2.05, 4.69) is 36.2 Å². The van der Waals surface area contributed by atoms with E-state index in [0.29, 0.717) is 11.5 Å². The molecule has 0 aliphatic heterocycles. The maximum Gasteiger partial charge on any atom is 0.324 e. The van der Waals surface area contributed by atoms with Crippen molar-refractivity contribution < 1.29 is 9.32 Å². The monoisotopic (exact) mass is 281 g/mol. The van der Waals surface area contributed by atoms with Crippen molar-refractivity contribution in [2.24, 2.45) is 0 Å². The number of rotatable bonds is 2. The lowest BCUT2D eigenvalue weighted by atomic mass is 10.3. The molecule has 0 aliphatic carbocycles.